The summed E-state index contributed by atoms with van der Waals surface area (Å²) in [6.45, 7) is 15.5. The number of aryl methyl sites for hydroxylation is 2. The average Bonchev–Trinajstić information content (AvgIpc) is 3.27. The Morgan fingerprint density at radius 1 is 0.362 bits per heavy atom. The van der Waals surface area contributed by atoms with Crippen LogP contribution in [0.2, 0.25) is 0 Å². The summed E-state index contributed by atoms with van der Waals surface area (Å²) in [5.74, 6) is 0. The van der Waals surface area contributed by atoms with Crippen molar-refractivity contribution >= 4 is 57.2 Å². The van der Waals surface area contributed by atoms with E-state index in [1.165, 1.54) is 119 Å². The van der Waals surface area contributed by atoms with Crippen LogP contribution in [0.1, 0.15) is 114 Å². The molecule has 0 unspecified atom stereocenters. The maximum absolute atomic E-state index is 2.58. The number of benzene rings is 4. The molecule has 0 aliphatic carbocycles. The van der Waals surface area contributed by atoms with E-state index in [1.54, 1.807) is 0 Å². The lowest BCUT2D eigenvalue weighted by molar-refractivity contribution is -0.778. The highest BCUT2D eigenvalue weighted by Crippen LogP contribution is 2.27. The number of unbranched alkanes of at least 4 members (excludes halogenated alkanes) is 6. The van der Waals surface area contributed by atoms with Gasteiger partial charge in [-0.05, 0) is 106 Å². The molecule has 2 heterocycles. The quantitative estimate of drug-likeness (QED) is 0.0476. The fourth-order valence-corrected chi connectivity index (χ4v) is 7.72. The molecule has 58 heavy (non-hydrogen) atoms. The summed E-state index contributed by atoms with van der Waals surface area (Å²) in [6.07, 6.45) is 30.2. The molecule has 6 rings (SSSR count). The highest BCUT2D eigenvalue weighted by atomic mass is 15.1. The molecule has 0 atom stereocenters. The van der Waals surface area contributed by atoms with Gasteiger partial charge < -0.3 is 9.80 Å². The van der Waals surface area contributed by atoms with Crippen LogP contribution in [-0.2, 0) is 13.1 Å². The van der Waals surface area contributed by atoms with E-state index < -0.39 is 0 Å². The monoisotopic (exact) mass is 773 g/mol. The molecule has 0 aliphatic heterocycles. The molecule has 0 fully saturated rings. The molecule has 0 N–H and O–H groups in total. The second-order valence-electron chi connectivity index (χ2n) is 16.1. The Morgan fingerprint density at radius 3 is 1.10 bits per heavy atom. The molecule has 0 spiro atoms. The second-order valence-corrected chi connectivity index (χ2v) is 16.1. The zero-order chi connectivity index (χ0) is 40.4. The molecule has 4 aromatic carbocycles. The summed E-state index contributed by atoms with van der Waals surface area (Å²) >= 11 is 0. The smallest absolute Gasteiger partial charge is 0.206 e. The van der Waals surface area contributed by atoms with Crippen molar-refractivity contribution in [2.75, 3.05) is 36.0 Å². The Balaban J connectivity index is 0.992. The minimum absolute atomic E-state index is 0.916. The van der Waals surface area contributed by atoms with Crippen LogP contribution in [0.15, 0.2) is 122 Å². The molecule has 0 radical (unpaired) electrons. The van der Waals surface area contributed by atoms with Crippen LogP contribution in [0, 0.1) is 0 Å². The predicted molar refractivity (Wildman–Crippen MR) is 252 cm³/mol. The van der Waals surface area contributed by atoms with Gasteiger partial charge in [0.2, 0.25) is 13.1 Å². The van der Waals surface area contributed by atoms with E-state index in [2.05, 4.69) is 193 Å². The molecule has 0 saturated carbocycles. The molecule has 4 nitrogen and oxygen atoms in total. The molecule has 6 aromatic rings. The van der Waals surface area contributed by atoms with Crippen molar-refractivity contribution in [3.05, 3.63) is 144 Å². The topological polar surface area (TPSA) is 14.2 Å². The third-order valence-electron chi connectivity index (χ3n) is 11.4. The summed E-state index contributed by atoms with van der Waals surface area (Å²) in [4.78, 5) is 5.17. The number of hydrogen-bond acceptors (Lipinski definition) is 2. The summed E-state index contributed by atoms with van der Waals surface area (Å²) in [5, 5.41) is 5.22. The van der Waals surface area contributed by atoms with E-state index in [0.29, 0.717) is 0 Å². The summed E-state index contributed by atoms with van der Waals surface area (Å²) in [7, 11) is 0. The minimum atomic E-state index is 0.916. The van der Waals surface area contributed by atoms with Gasteiger partial charge in [-0.15, -0.1) is 0 Å². The van der Waals surface area contributed by atoms with Gasteiger partial charge in [-0.1, -0.05) is 127 Å². The van der Waals surface area contributed by atoms with Gasteiger partial charge >= 0.3 is 0 Å². The number of fused-ring (bicyclic) bond motifs is 2. The number of rotatable bonds is 23. The van der Waals surface area contributed by atoms with E-state index in [1.807, 2.05) is 0 Å². The molecule has 0 saturated heterocycles. The lowest BCUT2D eigenvalue weighted by atomic mass is 10.0. The van der Waals surface area contributed by atoms with Crippen molar-refractivity contribution in [3.8, 4) is 0 Å². The summed E-state index contributed by atoms with van der Waals surface area (Å²) in [6, 6.07) is 36.4. The van der Waals surface area contributed by atoms with Gasteiger partial charge in [-0.3, -0.25) is 0 Å². The van der Waals surface area contributed by atoms with Crippen LogP contribution in [0.5, 0.6) is 0 Å². The Kier molecular flexibility index (Phi) is 16.6. The molecule has 4 heteroatoms. The Morgan fingerprint density at radius 2 is 0.707 bits per heavy atom. The largest absolute Gasteiger partial charge is 0.372 e. The van der Waals surface area contributed by atoms with E-state index in [4.69, 9.17) is 0 Å². The van der Waals surface area contributed by atoms with Gasteiger partial charge in [0.15, 0.2) is 24.8 Å². The van der Waals surface area contributed by atoms with Crippen LogP contribution in [-0.4, -0.2) is 26.2 Å². The third-order valence-corrected chi connectivity index (χ3v) is 11.4. The fraction of sp³-hybridized carbons (Fsp3) is 0.370. The van der Waals surface area contributed by atoms with E-state index >= 15 is 0 Å². The number of pyridine rings is 2. The zero-order valence-electron chi connectivity index (χ0n) is 36.0. The summed E-state index contributed by atoms with van der Waals surface area (Å²) in [5.41, 5.74) is 7.58. The maximum atomic E-state index is 2.58. The number of nitrogens with zero attached hydrogens (tertiary/aromatic N) is 4. The Bertz CT molecular complexity index is 2040. The van der Waals surface area contributed by atoms with Crippen LogP contribution >= 0.6 is 0 Å². The molecular weight excluding hydrogens is 705 g/mol. The minimum Gasteiger partial charge on any atom is -0.372 e. The van der Waals surface area contributed by atoms with Crippen molar-refractivity contribution < 1.29 is 9.13 Å². The van der Waals surface area contributed by atoms with Crippen molar-refractivity contribution in [1.82, 2.24) is 0 Å². The normalized spacial score (nSPS) is 11.7. The van der Waals surface area contributed by atoms with Crippen molar-refractivity contribution in [2.24, 2.45) is 0 Å². The first-order chi connectivity index (χ1) is 28.5. The van der Waals surface area contributed by atoms with Crippen LogP contribution in [0.3, 0.4) is 0 Å². The SMILES string of the molecule is CCCCCN(CCCC)c1ccc2cc(/C=C/c3cc[n+](CC[n+]4ccc(/C=C/c5ccc6cc(N(CCCC)CCCCC)ccc6c5)cc4)cc3)ccc2c1. The van der Waals surface area contributed by atoms with E-state index in [-0.39, 0.29) is 0 Å². The number of anilines is 2. The maximum Gasteiger partial charge on any atom is 0.206 e. The number of aromatic nitrogens is 2. The van der Waals surface area contributed by atoms with Gasteiger partial charge in [0.25, 0.3) is 0 Å². The fourth-order valence-electron chi connectivity index (χ4n) is 7.72. The first-order valence-corrected chi connectivity index (χ1v) is 22.5. The number of hydrogen-bond donors (Lipinski definition) is 0. The Hall–Kier alpha value is -5.22. The van der Waals surface area contributed by atoms with Crippen molar-refractivity contribution in [2.45, 2.75) is 105 Å². The van der Waals surface area contributed by atoms with Gasteiger partial charge in [0.1, 0.15) is 0 Å². The van der Waals surface area contributed by atoms with Gasteiger partial charge in [0, 0.05) is 61.8 Å². The zero-order valence-corrected chi connectivity index (χ0v) is 36.0. The molecule has 0 bridgehead atoms. The van der Waals surface area contributed by atoms with Crippen LogP contribution in [0.25, 0.3) is 45.8 Å². The lowest BCUT2D eigenvalue weighted by Crippen LogP contribution is -2.43. The molecule has 0 aliphatic rings. The first-order valence-electron chi connectivity index (χ1n) is 22.5. The average molecular weight is 773 g/mol. The first kappa shape index (κ1) is 42.4. The second kappa shape index (κ2) is 22.6. The molecular formula is C54H68N4+2. The standard InChI is InChI=1S/C54H68N4/c1-5-9-13-33-57(31-11-7-3)53-25-23-49-41-47(19-21-51(49)43-53)17-15-45-27-35-55(36-28-45)39-40-56-37-29-46(30-38-56)16-18-48-20-22-52-44-54(26-24-50(52)42-48)58(32-12-8-4)34-14-10-6-2/h15-30,35-38,41-44H,5-14,31-34,39-40H2,1-4H3/q+2. The predicted octanol–water partition coefficient (Wildman–Crippen LogP) is 13.2. The third kappa shape index (κ3) is 12.6. The van der Waals surface area contributed by atoms with Crippen molar-refractivity contribution in [3.63, 3.8) is 0 Å². The van der Waals surface area contributed by atoms with E-state index in [0.717, 1.165) is 39.3 Å². The van der Waals surface area contributed by atoms with Gasteiger partial charge in [-0.2, -0.15) is 9.13 Å². The molecule has 302 valence electrons. The van der Waals surface area contributed by atoms with Gasteiger partial charge in [-0.25, -0.2) is 0 Å². The highest BCUT2D eigenvalue weighted by Gasteiger charge is 2.10. The van der Waals surface area contributed by atoms with E-state index in [9.17, 15) is 0 Å². The summed E-state index contributed by atoms with van der Waals surface area (Å²) < 4.78 is 4.52. The highest BCUT2D eigenvalue weighted by molar-refractivity contribution is 5.90. The van der Waals surface area contributed by atoms with Crippen LogP contribution < -0.4 is 18.9 Å². The van der Waals surface area contributed by atoms with Gasteiger partial charge in [0.05, 0.1) is 0 Å². The van der Waals surface area contributed by atoms with Crippen molar-refractivity contribution in [1.29, 1.82) is 0 Å². The molecule has 0 amide bonds. The molecule has 2 aromatic heterocycles. The lowest BCUT2D eigenvalue weighted by Gasteiger charge is -2.25. The Labute approximate surface area is 350 Å². The van der Waals surface area contributed by atoms with Crippen LogP contribution in [0.4, 0.5) is 11.4 Å².